The van der Waals surface area contributed by atoms with Gasteiger partial charge in [-0.25, -0.2) is 4.79 Å². The van der Waals surface area contributed by atoms with Crippen molar-refractivity contribution in [2.24, 2.45) is 0 Å². The van der Waals surface area contributed by atoms with Crippen molar-refractivity contribution in [2.45, 2.75) is 19.9 Å². The normalized spacial score (nSPS) is 15.5. The fraction of sp³-hybridized carbons (Fsp3) is 0.500. The number of carbonyl (C=O) groups excluding carboxylic acids is 1. The maximum absolute atomic E-state index is 11.7. The molecule has 1 atom stereocenters. The highest BCUT2D eigenvalue weighted by molar-refractivity contribution is 5.70. The second-order valence-electron chi connectivity index (χ2n) is 4.24. The van der Waals surface area contributed by atoms with Gasteiger partial charge in [-0.1, -0.05) is 12.1 Å². The number of carbonyl (C=O) groups is 1. The monoisotopic (exact) mass is 254 g/mol. The Balaban J connectivity index is 2.88. The van der Waals surface area contributed by atoms with Gasteiger partial charge >= 0.3 is 6.09 Å². The minimum absolute atomic E-state index is 0.319. The third-order valence-corrected chi connectivity index (χ3v) is 2.91. The third-order valence-electron chi connectivity index (χ3n) is 2.91. The summed E-state index contributed by atoms with van der Waals surface area (Å²) < 4.78 is 27.5. The maximum Gasteiger partial charge on any atom is 0.414 e. The van der Waals surface area contributed by atoms with Crippen LogP contribution >= 0.6 is 0 Å². The summed E-state index contributed by atoms with van der Waals surface area (Å²) in [6.07, 6.45) is -0.438. The van der Waals surface area contributed by atoms with E-state index in [1.165, 1.54) is 9.80 Å². The summed E-state index contributed by atoms with van der Waals surface area (Å²) >= 11 is 0. The number of hydrogen-bond donors (Lipinski definition) is 0. The average molecular weight is 254 g/mol. The van der Waals surface area contributed by atoms with Crippen molar-refractivity contribution in [2.75, 3.05) is 27.6 Å². The van der Waals surface area contributed by atoms with E-state index in [-0.39, 0.29) is 6.04 Å². The van der Waals surface area contributed by atoms with Crippen LogP contribution in [0.3, 0.4) is 0 Å². The fourth-order valence-electron chi connectivity index (χ4n) is 1.37. The lowest BCUT2D eigenvalue weighted by molar-refractivity contribution is 0.165. The predicted octanol–water partition coefficient (Wildman–Crippen LogP) is 2.76. The lowest BCUT2D eigenvalue weighted by atomic mass is 10.1. The van der Waals surface area contributed by atoms with Crippen LogP contribution < -0.4 is 4.74 Å². The summed E-state index contributed by atoms with van der Waals surface area (Å²) in [6, 6.07) is 6.60. The van der Waals surface area contributed by atoms with Crippen LogP contribution in [0.4, 0.5) is 4.79 Å². The molecule has 4 heteroatoms. The van der Waals surface area contributed by atoms with Gasteiger partial charge in [-0.2, -0.15) is 0 Å². The van der Waals surface area contributed by atoms with E-state index in [2.05, 4.69) is 0 Å². The molecule has 4 nitrogen and oxygen atoms in total. The SMILES string of the molecule is [2H][13C]([2H])([2H])N(C)[C@@H](C)c1cccc(OC(=O)N(C)CC)c1. The fourth-order valence-corrected chi connectivity index (χ4v) is 1.37. The molecule has 0 saturated carbocycles. The van der Waals surface area contributed by atoms with Gasteiger partial charge in [-0.05, 0) is 45.6 Å². The Bertz CT molecular complexity index is 491. The molecular formula is C14H22N2O2. The van der Waals surface area contributed by atoms with Gasteiger partial charge in [0.1, 0.15) is 5.75 Å². The summed E-state index contributed by atoms with van der Waals surface area (Å²) in [7, 11) is 3.19. The number of hydrogen-bond acceptors (Lipinski definition) is 3. The highest BCUT2D eigenvalue weighted by Crippen LogP contribution is 2.22. The maximum atomic E-state index is 11.7. The standard InChI is InChI=1S/C14H22N2O2/c1-6-16(5)14(17)18-13-9-7-8-12(10-13)11(2)15(3)4/h7-11H,6H2,1-5H3/t11-/m0/s1/i3+1D3. The number of nitrogens with zero attached hydrogens (tertiary/aromatic N) is 2. The highest BCUT2D eigenvalue weighted by atomic mass is 16.6. The summed E-state index contributed by atoms with van der Waals surface area (Å²) in [5, 5.41) is 0. The van der Waals surface area contributed by atoms with Gasteiger partial charge in [-0.15, -0.1) is 0 Å². The Hall–Kier alpha value is -1.55. The average Bonchev–Trinajstić information content (AvgIpc) is 2.44. The third kappa shape index (κ3) is 3.74. The lowest BCUT2D eigenvalue weighted by Crippen LogP contribution is -2.29. The molecule has 0 aliphatic carbocycles. The van der Waals surface area contributed by atoms with E-state index >= 15 is 0 Å². The van der Waals surface area contributed by atoms with Crippen molar-refractivity contribution in [3.8, 4) is 5.75 Å². The first-order chi connectivity index (χ1) is 9.66. The molecule has 1 aromatic rings. The molecule has 0 aliphatic rings. The summed E-state index contributed by atoms with van der Waals surface area (Å²) in [5.41, 5.74) is 0.776. The van der Waals surface area contributed by atoms with Gasteiger partial charge in [0.2, 0.25) is 0 Å². The molecule has 0 N–H and O–H groups in total. The summed E-state index contributed by atoms with van der Waals surface area (Å²) in [6.45, 7) is 2.03. The summed E-state index contributed by atoms with van der Waals surface area (Å²) in [5.74, 6) is 0.406. The zero-order valence-electron chi connectivity index (χ0n) is 14.3. The lowest BCUT2D eigenvalue weighted by Gasteiger charge is -2.21. The molecule has 0 aromatic heterocycles. The van der Waals surface area contributed by atoms with Crippen LogP contribution in [0.5, 0.6) is 5.75 Å². The topological polar surface area (TPSA) is 32.8 Å². The van der Waals surface area contributed by atoms with Crippen molar-refractivity contribution in [1.29, 1.82) is 0 Å². The Morgan fingerprint density at radius 2 is 2.22 bits per heavy atom. The van der Waals surface area contributed by atoms with Crippen LogP contribution in [0.15, 0.2) is 24.3 Å². The van der Waals surface area contributed by atoms with Crippen LogP contribution in [-0.4, -0.2) is 43.5 Å². The first kappa shape index (κ1) is 10.4. The van der Waals surface area contributed by atoms with E-state index in [1.54, 1.807) is 39.2 Å². The van der Waals surface area contributed by atoms with Gasteiger partial charge in [0, 0.05) is 23.7 Å². The highest BCUT2D eigenvalue weighted by Gasteiger charge is 2.12. The Morgan fingerprint density at radius 3 is 2.83 bits per heavy atom. The van der Waals surface area contributed by atoms with Crippen molar-refractivity contribution in [3.63, 3.8) is 0 Å². The second-order valence-corrected chi connectivity index (χ2v) is 4.24. The van der Waals surface area contributed by atoms with Crippen molar-refractivity contribution in [1.82, 2.24) is 9.80 Å². The smallest absolute Gasteiger partial charge is 0.410 e. The van der Waals surface area contributed by atoms with Crippen LogP contribution in [-0.2, 0) is 0 Å². The molecular weight excluding hydrogens is 229 g/mol. The van der Waals surface area contributed by atoms with Crippen LogP contribution in [0.1, 0.15) is 29.6 Å². The molecule has 1 rings (SSSR count). The first-order valence-corrected chi connectivity index (χ1v) is 5.92. The number of amides is 1. The largest absolute Gasteiger partial charge is 0.414 e. The second kappa shape index (κ2) is 6.40. The minimum Gasteiger partial charge on any atom is -0.410 e. The van der Waals surface area contributed by atoms with E-state index < -0.39 is 13.1 Å². The molecule has 0 saturated heterocycles. The van der Waals surface area contributed by atoms with Gasteiger partial charge in [0.05, 0.1) is 0 Å². The molecule has 0 bridgehead atoms. The quantitative estimate of drug-likeness (QED) is 0.775. The van der Waals surface area contributed by atoms with Crippen molar-refractivity contribution >= 4 is 6.09 Å². The van der Waals surface area contributed by atoms with Crippen molar-refractivity contribution < 1.29 is 13.6 Å². The van der Waals surface area contributed by atoms with E-state index in [9.17, 15) is 4.79 Å². The minimum atomic E-state index is -2.17. The van der Waals surface area contributed by atoms with Crippen LogP contribution in [0.2, 0.25) is 0 Å². The van der Waals surface area contributed by atoms with Crippen molar-refractivity contribution in [3.05, 3.63) is 29.8 Å². The molecule has 0 aliphatic heterocycles. The zero-order valence-corrected chi connectivity index (χ0v) is 11.3. The molecule has 18 heavy (non-hydrogen) atoms. The van der Waals surface area contributed by atoms with E-state index in [1.807, 2.05) is 13.0 Å². The first-order valence-electron chi connectivity index (χ1n) is 7.42. The molecule has 1 amide bonds. The van der Waals surface area contributed by atoms with Crippen LogP contribution in [0.25, 0.3) is 0 Å². The number of benzene rings is 1. The molecule has 0 spiro atoms. The van der Waals surface area contributed by atoms with Gasteiger partial charge in [0.25, 0.3) is 0 Å². The predicted molar refractivity (Wildman–Crippen MR) is 72.9 cm³/mol. The summed E-state index contributed by atoms with van der Waals surface area (Å²) in [4.78, 5) is 14.5. The Labute approximate surface area is 113 Å². The van der Waals surface area contributed by atoms with Crippen LogP contribution in [0, 0.1) is 0 Å². The van der Waals surface area contributed by atoms with Gasteiger partial charge < -0.3 is 14.5 Å². The van der Waals surface area contributed by atoms with E-state index in [0.717, 1.165) is 5.56 Å². The Kier molecular flexibility index (Phi) is 3.69. The Morgan fingerprint density at radius 1 is 1.50 bits per heavy atom. The van der Waals surface area contributed by atoms with E-state index in [0.29, 0.717) is 12.3 Å². The van der Waals surface area contributed by atoms with E-state index in [4.69, 9.17) is 8.85 Å². The molecule has 0 fully saturated rings. The number of ether oxygens (including phenoxy) is 1. The zero-order chi connectivity index (χ0) is 16.2. The number of rotatable bonds is 4. The molecule has 0 radical (unpaired) electrons. The molecule has 0 unspecified atom stereocenters. The van der Waals surface area contributed by atoms with Gasteiger partial charge in [-0.3, -0.25) is 0 Å². The molecule has 1 aromatic carbocycles. The molecule has 100 valence electrons. The van der Waals surface area contributed by atoms with Gasteiger partial charge in [0.15, 0.2) is 0 Å². The molecule has 0 heterocycles.